The molecule has 1 fully saturated rings. The molecule has 1 saturated heterocycles. The minimum absolute atomic E-state index is 0.0916. The Morgan fingerprint density at radius 3 is 2.74 bits per heavy atom. The maximum Gasteiger partial charge on any atom is 0.256 e. The number of amides is 3. The van der Waals surface area contributed by atoms with Gasteiger partial charge in [-0.2, -0.15) is 0 Å². The largest absolute Gasteiger partial charge is 0.385 e. The third-order valence-corrected chi connectivity index (χ3v) is 5.89. The fourth-order valence-corrected chi connectivity index (χ4v) is 4.34. The van der Waals surface area contributed by atoms with Gasteiger partial charge in [0.25, 0.3) is 11.8 Å². The molecule has 0 spiro atoms. The van der Waals surface area contributed by atoms with Crippen LogP contribution in [0.4, 0.5) is 5.69 Å². The van der Waals surface area contributed by atoms with Gasteiger partial charge < -0.3 is 19.9 Å². The summed E-state index contributed by atoms with van der Waals surface area (Å²) in [6.45, 7) is 1.91. The van der Waals surface area contributed by atoms with E-state index in [1.54, 1.807) is 35.1 Å². The van der Waals surface area contributed by atoms with Crippen molar-refractivity contribution in [2.45, 2.75) is 31.8 Å². The highest BCUT2D eigenvalue weighted by atomic mass is 16.5. The molecule has 0 radical (unpaired) electrons. The van der Waals surface area contributed by atoms with Gasteiger partial charge in [0.05, 0.1) is 17.8 Å². The fraction of sp³-hybridized carbons (Fsp3) is 0.375. The Labute approximate surface area is 182 Å². The van der Waals surface area contributed by atoms with Crippen LogP contribution in [0.5, 0.6) is 0 Å². The number of methoxy groups -OCH3 is 1. The Morgan fingerprint density at radius 1 is 1.13 bits per heavy atom. The summed E-state index contributed by atoms with van der Waals surface area (Å²) in [7, 11) is 1.63. The molecule has 4 rings (SSSR count). The van der Waals surface area contributed by atoms with Gasteiger partial charge in [0, 0.05) is 32.4 Å². The number of carbonyl (C=O) groups is 3. The van der Waals surface area contributed by atoms with Gasteiger partial charge in [-0.15, -0.1) is 0 Å². The summed E-state index contributed by atoms with van der Waals surface area (Å²) >= 11 is 0. The fourth-order valence-electron chi connectivity index (χ4n) is 4.34. The zero-order valence-corrected chi connectivity index (χ0v) is 17.7. The van der Waals surface area contributed by atoms with Crippen molar-refractivity contribution in [2.24, 2.45) is 0 Å². The van der Waals surface area contributed by atoms with Gasteiger partial charge >= 0.3 is 0 Å². The number of hydrogen-bond acceptors (Lipinski definition) is 4. The molecule has 0 aliphatic carbocycles. The number of hydrogen-bond donors (Lipinski definition) is 1. The average molecular weight is 421 g/mol. The van der Waals surface area contributed by atoms with Gasteiger partial charge in [-0.3, -0.25) is 14.4 Å². The van der Waals surface area contributed by atoms with Crippen LogP contribution in [0, 0.1) is 0 Å². The summed E-state index contributed by atoms with van der Waals surface area (Å²) < 4.78 is 5.03. The molecule has 2 aromatic carbocycles. The lowest BCUT2D eigenvalue weighted by Gasteiger charge is -2.26. The number of benzene rings is 2. The minimum Gasteiger partial charge on any atom is -0.385 e. The molecule has 1 atom stereocenters. The highest BCUT2D eigenvalue weighted by molar-refractivity contribution is 6.11. The first-order chi connectivity index (χ1) is 15.1. The van der Waals surface area contributed by atoms with E-state index < -0.39 is 6.04 Å². The number of anilines is 1. The topological polar surface area (TPSA) is 79.0 Å². The Balaban J connectivity index is 1.64. The van der Waals surface area contributed by atoms with Gasteiger partial charge in [-0.1, -0.05) is 30.3 Å². The molecule has 3 amide bonds. The van der Waals surface area contributed by atoms with E-state index in [2.05, 4.69) is 5.32 Å². The summed E-state index contributed by atoms with van der Waals surface area (Å²) in [5, 5.41) is 2.91. The van der Waals surface area contributed by atoms with Crippen LogP contribution in [-0.4, -0.2) is 55.5 Å². The third-order valence-electron chi connectivity index (χ3n) is 5.89. The minimum atomic E-state index is -0.449. The lowest BCUT2D eigenvalue weighted by atomic mass is 10.0. The standard InChI is InChI=1S/C24H27N3O4/c1-31-15-7-13-25-22(28)18-9-3-2-8-17(18)16-27-20-11-5-4-10-19(20)23(29)26-14-6-12-21(26)24(27)30/h2-5,8-11,21H,6-7,12-16H2,1H3,(H,25,28)/t21-/m0/s1. The number of nitrogens with zero attached hydrogens (tertiary/aromatic N) is 2. The number of nitrogens with one attached hydrogen (secondary N) is 1. The summed E-state index contributed by atoms with van der Waals surface area (Å²) in [6, 6.07) is 14.1. The smallest absolute Gasteiger partial charge is 0.256 e. The first-order valence-corrected chi connectivity index (χ1v) is 10.7. The van der Waals surface area contributed by atoms with Crippen LogP contribution in [0.1, 0.15) is 45.5 Å². The third kappa shape index (κ3) is 4.18. The number of carbonyl (C=O) groups excluding carboxylic acids is 3. The van der Waals surface area contributed by atoms with E-state index in [0.717, 1.165) is 18.4 Å². The van der Waals surface area contributed by atoms with E-state index in [4.69, 9.17) is 4.74 Å². The Hall–Kier alpha value is -3.19. The molecular weight excluding hydrogens is 394 g/mol. The number of para-hydroxylation sites is 1. The molecular formula is C24H27N3O4. The van der Waals surface area contributed by atoms with Gasteiger partial charge in [0.15, 0.2) is 0 Å². The first kappa shape index (κ1) is 21.1. The van der Waals surface area contributed by atoms with E-state index in [1.165, 1.54) is 0 Å². The zero-order chi connectivity index (χ0) is 21.8. The van der Waals surface area contributed by atoms with Crippen molar-refractivity contribution in [3.05, 3.63) is 65.2 Å². The van der Waals surface area contributed by atoms with Crippen molar-refractivity contribution in [1.82, 2.24) is 10.2 Å². The Morgan fingerprint density at radius 2 is 1.90 bits per heavy atom. The van der Waals surface area contributed by atoms with E-state index in [-0.39, 0.29) is 24.3 Å². The molecule has 2 aromatic rings. The predicted octanol–water partition coefficient (Wildman–Crippen LogP) is 2.60. The van der Waals surface area contributed by atoms with Gasteiger partial charge in [-0.05, 0) is 43.0 Å². The molecule has 0 unspecified atom stereocenters. The summed E-state index contributed by atoms with van der Waals surface area (Å²) in [6.07, 6.45) is 2.21. The van der Waals surface area contributed by atoms with Gasteiger partial charge in [0.1, 0.15) is 6.04 Å². The number of rotatable bonds is 7. The second-order valence-electron chi connectivity index (χ2n) is 7.86. The summed E-state index contributed by atoms with van der Waals surface area (Å²) in [5.41, 5.74) is 2.40. The van der Waals surface area contributed by atoms with Gasteiger partial charge in [0.2, 0.25) is 5.91 Å². The molecule has 31 heavy (non-hydrogen) atoms. The van der Waals surface area contributed by atoms with E-state index in [1.807, 2.05) is 30.3 Å². The van der Waals surface area contributed by atoms with Gasteiger partial charge in [-0.25, -0.2) is 0 Å². The predicted molar refractivity (Wildman–Crippen MR) is 117 cm³/mol. The normalized spacial score (nSPS) is 17.9. The zero-order valence-electron chi connectivity index (χ0n) is 17.7. The van der Waals surface area contributed by atoms with Crippen LogP contribution in [0.15, 0.2) is 48.5 Å². The molecule has 0 saturated carbocycles. The molecule has 7 nitrogen and oxygen atoms in total. The maximum atomic E-state index is 13.5. The quantitative estimate of drug-likeness (QED) is 0.697. The van der Waals surface area contributed by atoms with Crippen LogP contribution < -0.4 is 10.2 Å². The van der Waals surface area contributed by atoms with E-state index >= 15 is 0 Å². The van der Waals surface area contributed by atoms with Crippen molar-refractivity contribution < 1.29 is 19.1 Å². The highest BCUT2D eigenvalue weighted by Gasteiger charge is 2.42. The molecule has 0 aromatic heterocycles. The lowest BCUT2D eigenvalue weighted by molar-refractivity contribution is -0.122. The van der Waals surface area contributed by atoms with Crippen molar-refractivity contribution in [2.75, 3.05) is 31.7 Å². The molecule has 1 N–H and O–H groups in total. The Bertz CT molecular complexity index is 990. The molecule has 2 heterocycles. The van der Waals surface area contributed by atoms with Crippen molar-refractivity contribution in [3.8, 4) is 0 Å². The van der Waals surface area contributed by atoms with Crippen LogP contribution in [0.3, 0.4) is 0 Å². The van der Waals surface area contributed by atoms with Crippen molar-refractivity contribution >= 4 is 23.4 Å². The monoisotopic (exact) mass is 421 g/mol. The summed E-state index contributed by atoms with van der Waals surface area (Å²) in [4.78, 5) is 42.7. The first-order valence-electron chi connectivity index (χ1n) is 10.7. The van der Waals surface area contributed by atoms with Crippen LogP contribution in [0.25, 0.3) is 0 Å². The van der Waals surface area contributed by atoms with E-state index in [9.17, 15) is 14.4 Å². The Kier molecular flexibility index (Phi) is 6.32. The summed E-state index contributed by atoms with van der Waals surface area (Å²) in [5.74, 6) is -0.370. The molecule has 162 valence electrons. The maximum absolute atomic E-state index is 13.5. The van der Waals surface area contributed by atoms with Crippen molar-refractivity contribution in [1.29, 1.82) is 0 Å². The highest BCUT2D eigenvalue weighted by Crippen LogP contribution is 2.33. The average Bonchev–Trinajstić information content (AvgIpc) is 3.27. The number of fused-ring (bicyclic) bond motifs is 2. The van der Waals surface area contributed by atoms with E-state index in [0.29, 0.717) is 42.9 Å². The van der Waals surface area contributed by atoms with Crippen LogP contribution in [0.2, 0.25) is 0 Å². The molecule has 0 bridgehead atoms. The second-order valence-corrected chi connectivity index (χ2v) is 7.86. The van der Waals surface area contributed by atoms with Crippen molar-refractivity contribution in [3.63, 3.8) is 0 Å². The molecule has 2 aliphatic heterocycles. The molecule has 2 aliphatic rings. The number of ether oxygens (including phenoxy) is 1. The molecule has 7 heteroatoms. The second kappa shape index (κ2) is 9.31. The SMILES string of the molecule is COCCCNC(=O)c1ccccc1CN1C(=O)[C@@H]2CCCN2C(=O)c2ccccc21. The van der Waals surface area contributed by atoms with Crippen LogP contribution in [-0.2, 0) is 16.1 Å². The lowest BCUT2D eigenvalue weighted by Crippen LogP contribution is -2.44. The van der Waals surface area contributed by atoms with Crippen LogP contribution >= 0.6 is 0 Å².